The minimum absolute atomic E-state index is 0.124. The second-order valence-electron chi connectivity index (χ2n) is 9.51. The van der Waals surface area contributed by atoms with E-state index in [4.69, 9.17) is 0 Å². The molecule has 0 bridgehead atoms. The maximum Gasteiger partial charge on any atom is 0.308 e. The Labute approximate surface area is 215 Å². The van der Waals surface area contributed by atoms with Crippen LogP contribution in [0.1, 0.15) is 33.9 Å². The van der Waals surface area contributed by atoms with Crippen LogP contribution in [0.3, 0.4) is 0 Å². The summed E-state index contributed by atoms with van der Waals surface area (Å²) in [5, 5.41) is 12.2. The Hall–Kier alpha value is -3.64. The Morgan fingerprint density at radius 2 is 2.00 bits per heavy atom. The predicted molar refractivity (Wildman–Crippen MR) is 136 cm³/mol. The molecular weight excluding hydrogens is 496 g/mol. The van der Waals surface area contributed by atoms with Gasteiger partial charge in [0, 0.05) is 69.1 Å². The van der Waals surface area contributed by atoms with Gasteiger partial charge in [0.05, 0.1) is 12.5 Å². The van der Waals surface area contributed by atoms with Gasteiger partial charge >= 0.3 is 5.97 Å². The molecule has 1 unspecified atom stereocenters. The van der Waals surface area contributed by atoms with Crippen molar-refractivity contribution < 1.29 is 23.1 Å². The standard InChI is InChI=1S/C25H30N6O5S/c1-17-22(37(35,36)31-12-11-29-9-4-6-20(29)16-31)13-21(28(17)2)24(32)27-14-18-5-3-8-26-23(18)30-10-7-19(15-30)25(33)34/h3-6,8-9,13,19H,7,10-12,14-16H2,1-2H3,(H,27,32)(H,33,34). The number of pyridine rings is 1. The average molecular weight is 527 g/mol. The second-order valence-corrected chi connectivity index (χ2v) is 11.4. The Kier molecular flexibility index (Phi) is 6.54. The van der Waals surface area contributed by atoms with Crippen LogP contribution in [-0.2, 0) is 41.5 Å². The summed E-state index contributed by atoms with van der Waals surface area (Å²) in [4.78, 5) is 31.0. The van der Waals surface area contributed by atoms with Crippen molar-refractivity contribution in [2.75, 3.05) is 24.5 Å². The number of anilines is 1. The molecule has 0 saturated carbocycles. The summed E-state index contributed by atoms with van der Waals surface area (Å²) in [5.41, 5.74) is 2.43. The maximum absolute atomic E-state index is 13.5. The van der Waals surface area contributed by atoms with Gasteiger partial charge in [0.2, 0.25) is 10.0 Å². The van der Waals surface area contributed by atoms with Gasteiger partial charge in [0.1, 0.15) is 16.4 Å². The number of aliphatic carboxylic acids is 1. The van der Waals surface area contributed by atoms with E-state index in [1.54, 1.807) is 30.8 Å². The van der Waals surface area contributed by atoms with Crippen molar-refractivity contribution in [3.63, 3.8) is 0 Å². The van der Waals surface area contributed by atoms with E-state index in [0.29, 0.717) is 44.1 Å². The molecule has 5 heterocycles. The van der Waals surface area contributed by atoms with E-state index in [0.717, 1.165) is 11.3 Å². The highest BCUT2D eigenvalue weighted by Gasteiger charge is 2.33. The normalized spacial score (nSPS) is 18.1. The molecule has 1 atom stereocenters. The summed E-state index contributed by atoms with van der Waals surface area (Å²) in [7, 11) is -2.11. The number of carbonyl (C=O) groups is 2. The molecule has 1 saturated heterocycles. The summed E-state index contributed by atoms with van der Waals surface area (Å²) < 4.78 is 32.1. The number of fused-ring (bicyclic) bond motifs is 1. The fraction of sp³-hybridized carbons (Fsp3) is 0.400. The molecule has 1 fully saturated rings. The van der Waals surface area contributed by atoms with Gasteiger partial charge in [-0.3, -0.25) is 9.59 Å². The number of hydrogen-bond donors (Lipinski definition) is 2. The van der Waals surface area contributed by atoms with Crippen LogP contribution < -0.4 is 10.2 Å². The number of nitrogens with zero attached hydrogens (tertiary/aromatic N) is 5. The lowest BCUT2D eigenvalue weighted by molar-refractivity contribution is -0.140. The largest absolute Gasteiger partial charge is 0.481 e. The Morgan fingerprint density at radius 3 is 2.76 bits per heavy atom. The van der Waals surface area contributed by atoms with Gasteiger partial charge in [-0.15, -0.1) is 0 Å². The molecule has 5 rings (SSSR count). The van der Waals surface area contributed by atoms with E-state index in [1.807, 2.05) is 33.9 Å². The summed E-state index contributed by atoms with van der Waals surface area (Å²) in [6.45, 7) is 4.05. The molecule has 0 aliphatic carbocycles. The van der Waals surface area contributed by atoms with Gasteiger partial charge in [-0.2, -0.15) is 4.31 Å². The zero-order chi connectivity index (χ0) is 26.3. The highest BCUT2D eigenvalue weighted by molar-refractivity contribution is 7.89. The van der Waals surface area contributed by atoms with E-state index in [-0.39, 0.29) is 23.7 Å². The molecule has 2 N–H and O–H groups in total. The van der Waals surface area contributed by atoms with E-state index >= 15 is 0 Å². The van der Waals surface area contributed by atoms with Crippen molar-refractivity contribution in [1.82, 2.24) is 23.7 Å². The zero-order valence-corrected chi connectivity index (χ0v) is 21.6. The molecule has 2 aliphatic rings. The third-order valence-electron chi connectivity index (χ3n) is 7.34. The SMILES string of the molecule is Cc1c(S(=O)(=O)N2CCn3cccc3C2)cc(C(=O)NCc2cccnc2N2CCC(C(=O)O)C2)n1C. The summed E-state index contributed by atoms with van der Waals surface area (Å²) >= 11 is 0. The van der Waals surface area contributed by atoms with Crippen molar-refractivity contribution in [3.05, 3.63) is 65.4 Å². The highest BCUT2D eigenvalue weighted by atomic mass is 32.2. The fourth-order valence-corrected chi connectivity index (χ4v) is 6.73. The minimum Gasteiger partial charge on any atom is -0.481 e. The first-order chi connectivity index (χ1) is 17.7. The quantitative estimate of drug-likeness (QED) is 0.478. The lowest BCUT2D eigenvalue weighted by atomic mass is 10.1. The number of sulfonamides is 1. The van der Waals surface area contributed by atoms with Crippen LogP contribution in [0.15, 0.2) is 47.6 Å². The Morgan fingerprint density at radius 1 is 1.19 bits per heavy atom. The summed E-state index contributed by atoms with van der Waals surface area (Å²) in [5.74, 6) is -1.02. The fourth-order valence-electron chi connectivity index (χ4n) is 5.06. The van der Waals surface area contributed by atoms with Gasteiger partial charge < -0.3 is 24.5 Å². The number of nitrogens with one attached hydrogen (secondary N) is 1. The van der Waals surface area contributed by atoms with Crippen LogP contribution in [0.25, 0.3) is 0 Å². The van der Waals surface area contributed by atoms with Crippen LogP contribution in [0.4, 0.5) is 5.82 Å². The number of carbonyl (C=O) groups excluding carboxylic acids is 1. The first kappa shape index (κ1) is 25.0. The molecule has 2 aliphatic heterocycles. The minimum atomic E-state index is -3.79. The number of aromatic nitrogens is 3. The summed E-state index contributed by atoms with van der Waals surface area (Å²) in [6.07, 6.45) is 4.13. The molecule has 37 heavy (non-hydrogen) atoms. The molecular formula is C25H30N6O5S. The molecule has 0 radical (unpaired) electrons. The predicted octanol–water partition coefficient (Wildman–Crippen LogP) is 1.58. The monoisotopic (exact) mass is 526 g/mol. The first-order valence-corrected chi connectivity index (χ1v) is 13.6. The van der Waals surface area contributed by atoms with Crippen LogP contribution in [0, 0.1) is 12.8 Å². The average Bonchev–Trinajstić information content (AvgIpc) is 3.62. The number of carboxylic acids is 1. The number of rotatable bonds is 7. The smallest absolute Gasteiger partial charge is 0.308 e. The lowest BCUT2D eigenvalue weighted by Gasteiger charge is -2.27. The van der Waals surface area contributed by atoms with Gasteiger partial charge in [0.25, 0.3) is 5.91 Å². The molecule has 3 aromatic rings. The highest BCUT2D eigenvalue weighted by Crippen LogP contribution is 2.28. The third kappa shape index (κ3) is 4.62. The van der Waals surface area contributed by atoms with E-state index in [9.17, 15) is 23.1 Å². The van der Waals surface area contributed by atoms with Crippen LogP contribution in [-0.4, -0.2) is 63.5 Å². The third-order valence-corrected chi connectivity index (χ3v) is 9.30. The van der Waals surface area contributed by atoms with E-state index in [1.165, 1.54) is 10.4 Å². The van der Waals surface area contributed by atoms with Gasteiger partial charge in [-0.1, -0.05) is 6.07 Å². The molecule has 0 spiro atoms. The van der Waals surface area contributed by atoms with Crippen LogP contribution >= 0.6 is 0 Å². The Bertz CT molecular complexity index is 1460. The molecule has 0 aromatic carbocycles. The van der Waals surface area contributed by atoms with E-state index in [2.05, 4.69) is 10.3 Å². The van der Waals surface area contributed by atoms with Crippen molar-refractivity contribution in [1.29, 1.82) is 0 Å². The Balaban J connectivity index is 1.32. The first-order valence-electron chi connectivity index (χ1n) is 12.2. The number of carboxylic acid groups (broad SMARTS) is 1. The van der Waals surface area contributed by atoms with Crippen LogP contribution in [0.5, 0.6) is 0 Å². The molecule has 11 nitrogen and oxygen atoms in total. The molecule has 3 aromatic heterocycles. The summed E-state index contributed by atoms with van der Waals surface area (Å²) in [6, 6.07) is 8.87. The lowest BCUT2D eigenvalue weighted by Crippen LogP contribution is -2.38. The molecule has 196 valence electrons. The van der Waals surface area contributed by atoms with Crippen molar-refractivity contribution in [2.45, 2.75) is 37.9 Å². The number of hydrogen-bond acceptors (Lipinski definition) is 6. The maximum atomic E-state index is 13.5. The van der Waals surface area contributed by atoms with Gasteiger partial charge in [-0.05, 0) is 37.6 Å². The van der Waals surface area contributed by atoms with Crippen LogP contribution in [0.2, 0.25) is 0 Å². The molecule has 12 heteroatoms. The zero-order valence-electron chi connectivity index (χ0n) is 20.8. The van der Waals surface area contributed by atoms with Gasteiger partial charge in [0.15, 0.2) is 0 Å². The van der Waals surface area contributed by atoms with E-state index < -0.39 is 27.8 Å². The van der Waals surface area contributed by atoms with Gasteiger partial charge in [-0.25, -0.2) is 13.4 Å². The topological polar surface area (TPSA) is 130 Å². The number of amides is 1. The van der Waals surface area contributed by atoms with Crippen molar-refractivity contribution >= 4 is 27.7 Å². The van der Waals surface area contributed by atoms with Crippen molar-refractivity contribution in [3.8, 4) is 0 Å². The second kappa shape index (κ2) is 9.67. The van der Waals surface area contributed by atoms with Crippen molar-refractivity contribution in [2.24, 2.45) is 13.0 Å². The molecule has 1 amide bonds.